The highest BCUT2D eigenvalue weighted by atomic mass is 28.3. The van der Waals surface area contributed by atoms with Crippen LogP contribution in [-0.2, 0) is 130 Å². The van der Waals surface area contributed by atoms with E-state index in [4.69, 9.17) is 61.6 Å². The second-order valence-corrected chi connectivity index (χ2v) is 43.4. The Morgan fingerprint density at radius 2 is 0.984 bits per heavy atom. The van der Waals surface area contributed by atoms with Crippen molar-refractivity contribution in [1.29, 1.82) is 0 Å². The first-order valence-electron chi connectivity index (χ1n) is 42.3. The van der Waals surface area contributed by atoms with Gasteiger partial charge in [-0.05, 0) is 155 Å². The molecule has 0 N–H and O–H groups in total. The SMILES string of the molecule is CCC(C)(C)C(=O)OC1C(=O)OC2C3OC(C)(c4ccc(C(=O)OC[Si](C)(C)C)cc4)OC3OC12.CCC(C)(C)C(=O)OC1C(=O)OC2C3OC4(CCC(C(=O)OC(C(F)(F)F)C(F)(F)F)CC4)OC3OC12.CCC(C)(C)C(=O)OC1C2CC3C1OC(=O)C3(C(=O)OC(C)C(F)(F)F)C2.CCC(C)C(=O)OC(C)C(F)(F)F.CCC(C)c1ccc(C(C)(C)C)cc1. The number of rotatable bonds is 22. The van der Waals surface area contributed by atoms with Crippen LogP contribution >= 0.6 is 0 Å². The molecule has 2 aromatic carbocycles. The van der Waals surface area contributed by atoms with E-state index in [2.05, 4.69) is 92.7 Å². The third-order valence-electron chi connectivity index (χ3n) is 25.0. The molecule has 26 nitrogen and oxygen atoms in total. The lowest BCUT2D eigenvalue weighted by atomic mass is 9.73. The van der Waals surface area contributed by atoms with Gasteiger partial charge in [0.15, 0.2) is 66.2 Å². The van der Waals surface area contributed by atoms with Crippen LogP contribution in [0, 0.1) is 45.3 Å². The van der Waals surface area contributed by atoms with Gasteiger partial charge in [-0.1, -0.05) is 125 Å². The number of hydrogen-bond donors (Lipinski definition) is 0. The maximum Gasteiger partial charge on any atom is 0.434 e. The summed E-state index contributed by atoms with van der Waals surface area (Å²) < 4.78 is 236. The summed E-state index contributed by atoms with van der Waals surface area (Å²) in [5.74, 6) is -12.4. The molecule has 20 atom stereocenters. The van der Waals surface area contributed by atoms with Gasteiger partial charge < -0.3 is 75.8 Å². The quantitative estimate of drug-likeness (QED) is 0.0347. The summed E-state index contributed by atoms with van der Waals surface area (Å²) >= 11 is 0. The van der Waals surface area contributed by atoms with Crippen molar-refractivity contribution in [3.05, 3.63) is 70.8 Å². The minimum absolute atomic E-state index is 0.0269. The van der Waals surface area contributed by atoms with Gasteiger partial charge in [-0.25, -0.2) is 14.4 Å². The summed E-state index contributed by atoms with van der Waals surface area (Å²) in [5, 5.41) is 0. The summed E-state index contributed by atoms with van der Waals surface area (Å²) in [4.78, 5) is 122. The van der Waals surface area contributed by atoms with Gasteiger partial charge in [0.25, 0.3) is 6.10 Å². The smallest absolute Gasteiger partial charge is 0.434 e. The van der Waals surface area contributed by atoms with Crippen LogP contribution in [0.25, 0.3) is 0 Å². The monoisotopic (exact) mass is 1830 g/mol. The Bertz CT molecular complexity index is 4190. The Morgan fingerprint density at radius 1 is 0.524 bits per heavy atom. The number of alkyl halides is 12. The fourth-order valence-corrected chi connectivity index (χ4v) is 15.5. The normalized spacial score (nSPS) is 30.4. The molecule has 20 unspecified atom stereocenters. The summed E-state index contributed by atoms with van der Waals surface area (Å²) in [6, 6.07) is 15.9. The van der Waals surface area contributed by atoms with Crippen molar-refractivity contribution in [3.63, 3.8) is 0 Å². The van der Waals surface area contributed by atoms with Gasteiger partial charge in [0.1, 0.15) is 24.4 Å². The van der Waals surface area contributed by atoms with E-state index in [-0.39, 0.29) is 49.4 Å². The maximum atomic E-state index is 12.7. The van der Waals surface area contributed by atoms with E-state index in [9.17, 15) is 101 Å². The highest BCUT2D eigenvalue weighted by Gasteiger charge is 2.76. The predicted octanol–water partition coefficient (Wildman–Crippen LogP) is 16.4. The van der Waals surface area contributed by atoms with E-state index in [1.807, 2.05) is 13.8 Å². The van der Waals surface area contributed by atoms with Crippen LogP contribution in [0.2, 0.25) is 19.6 Å². The fourth-order valence-electron chi connectivity index (χ4n) is 15.0. The number of ether oxygens (including phenoxy) is 16. The van der Waals surface area contributed by atoms with Gasteiger partial charge in [0.2, 0.25) is 12.2 Å². The second-order valence-electron chi connectivity index (χ2n) is 38.0. The van der Waals surface area contributed by atoms with E-state index in [1.165, 1.54) is 24.5 Å². The molecule has 2 bridgehead atoms. The maximum absolute atomic E-state index is 12.7. The summed E-state index contributed by atoms with van der Waals surface area (Å²) in [6.07, 6.45) is -36.6. The molecule has 39 heteroatoms. The molecule has 710 valence electrons. The van der Waals surface area contributed by atoms with Crippen molar-refractivity contribution in [2.45, 2.75) is 361 Å². The summed E-state index contributed by atoms with van der Waals surface area (Å²) in [5.41, 5.74) is 0.259. The fraction of sp³-hybridized carbons (Fsp3) is 0.747. The van der Waals surface area contributed by atoms with Crippen molar-refractivity contribution in [1.82, 2.24) is 0 Å². The van der Waals surface area contributed by atoms with Crippen LogP contribution in [0.4, 0.5) is 52.7 Å². The molecule has 10 aliphatic rings. The van der Waals surface area contributed by atoms with Gasteiger partial charge in [0, 0.05) is 30.2 Å². The molecule has 7 aliphatic heterocycles. The van der Waals surface area contributed by atoms with E-state index < -0.39 is 229 Å². The number of fused-ring (bicyclic) bond motifs is 7. The Morgan fingerprint density at radius 3 is 1.42 bits per heavy atom. The molecule has 0 aromatic heterocycles. The van der Waals surface area contributed by atoms with E-state index in [0.29, 0.717) is 55.4 Å². The number of benzene rings is 2. The van der Waals surface area contributed by atoms with Gasteiger partial charge >= 0.3 is 84.4 Å². The summed E-state index contributed by atoms with van der Waals surface area (Å²) in [6.45, 7) is 40.0. The van der Waals surface area contributed by atoms with E-state index >= 15 is 0 Å². The van der Waals surface area contributed by atoms with E-state index in [1.54, 1.807) is 86.6 Å². The number of carbonyl (C=O) groups is 10. The standard InChI is InChI=1S/C25H34O9Si.C22H26F6O9.C18H23F3O6.C14H22.C8H13F3O2/c1-8-24(2,3)23(28)32-18-16-17(30-21(18)27)19-22(31-16)34-25(4,33-19)15-11-9-14(10-12-15)20(26)29-13-35(5,6)7;1-4-19(2,3)18(31)34-12-10-11(32-15(12)30)13-16(33-10)37-20(36-13)7-5-9(6-8-20)14(29)35-17(21(23,24)25)22(26,27)28;1-5-16(3,4)13(22)26-11-9-6-10-12(11)27-15(24)17(10,7-9)14(23)25-8(2)18(19,20)21;1-6-11(2)12-7-9-13(10-8-12)14(3,4)5;1-4-5(2)7(12)13-6(3)8(9,10)11/h9-12,16-19,22H,8,13H2,1-7H3;9-13,16-17H,4-8H2,1-3H3;8-12H,5-7H2,1-4H3;7-11H,6H2,1-5H3;5-6H,4H2,1-3H3. The highest BCUT2D eigenvalue weighted by molar-refractivity contribution is 6.76. The minimum atomic E-state index is -5.80. The Kier molecular flexibility index (Phi) is 31.9. The zero-order valence-corrected chi connectivity index (χ0v) is 75.8. The second kappa shape index (κ2) is 38.8. The first-order valence-corrected chi connectivity index (χ1v) is 46.0. The lowest BCUT2D eigenvalue weighted by Crippen LogP contribution is -2.48. The van der Waals surface area contributed by atoms with Crippen LogP contribution in [0.1, 0.15) is 235 Å². The number of halogens is 12. The molecule has 2 aromatic rings. The predicted molar refractivity (Wildman–Crippen MR) is 420 cm³/mol. The molecular formula is C87H118F12O26Si. The molecule has 12 rings (SSSR count). The number of hydrogen-bond acceptors (Lipinski definition) is 26. The minimum Gasteiger partial charge on any atom is -0.466 e. The van der Waals surface area contributed by atoms with Crippen LogP contribution < -0.4 is 0 Å². The van der Waals surface area contributed by atoms with Crippen LogP contribution in [0.3, 0.4) is 0 Å². The third kappa shape index (κ3) is 23.5. The van der Waals surface area contributed by atoms with Crippen molar-refractivity contribution >= 4 is 67.8 Å². The highest BCUT2D eigenvalue weighted by Crippen LogP contribution is 2.64. The first-order chi connectivity index (χ1) is 57.8. The lowest BCUT2D eigenvalue weighted by Gasteiger charge is -2.36. The Hall–Kier alpha value is -7.72. The Labute approximate surface area is 725 Å². The summed E-state index contributed by atoms with van der Waals surface area (Å²) in [7, 11) is -1.51. The van der Waals surface area contributed by atoms with Crippen molar-refractivity contribution in [2.24, 2.45) is 45.3 Å². The largest absolute Gasteiger partial charge is 0.466 e. The molecule has 3 aliphatic carbocycles. The zero-order valence-electron chi connectivity index (χ0n) is 74.8. The number of carbonyl (C=O) groups excluding carboxylic acids is 10. The van der Waals surface area contributed by atoms with Gasteiger partial charge in [0.05, 0.1) is 47.9 Å². The lowest BCUT2D eigenvalue weighted by molar-refractivity contribution is -0.315. The molecule has 10 fully saturated rings. The zero-order chi connectivity index (χ0) is 95.1. The molecule has 0 radical (unpaired) electrons. The molecule has 3 saturated carbocycles. The van der Waals surface area contributed by atoms with Gasteiger partial charge in [-0.2, -0.15) is 52.7 Å². The van der Waals surface area contributed by atoms with Crippen molar-refractivity contribution in [2.75, 3.05) is 6.23 Å². The molecular weight excluding hydrogens is 1720 g/mol. The van der Waals surface area contributed by atoms with Gasteiger partial charge in [-0.3, -0.25) is 33.6 Å². The number of esters is 10. The molecule has 0 amide bonds. The van der Waals surface area contributed by atoms with Crippen molar-refractivity contribution < 1.29 is 176 Å². The Balaban J connectivity index is 0.000000206. The topological polar surface area (TPSA) is 318 Å². The average molecular weight is 1840 g/mol. The van der Waals surface area contributed by atoms with E-state index in [0.717, 1.165) is 13.8 Å². The average Bonchev–Trinajstić information content (AvgIpc) is 1.53. The molecule has 7 saturated heterocycles. The van der Waals surface area contributed by atoms with Crippen molar-refractivity contribution in [3.8, 4) is 0 Å². The first kappa shape index (κ1) is 104. The van der Waals surface area contributed by atoms with Crippen LogP contribution in [0.15, 0.2) is 48.5 Å². The van der Waals surface area contributed by atoms with Gasteiger partial charge in [-0.15, -0.1) is 0 Å². The van der Waals surface area contributed by atoms with Crippen LogP contribution in [-0.4, -0.2) is 196 Å². The van der Waals surface area contributed by atoms with Crippen LogP contribution in [0.5, 0.6) is 0 Å². The molecule has 1 spiro atoms. The molecule has 7 heterocycles. The third-order valence-corrected chi connectivity index (χ3v) is 26.0. The molecule has 126 heavy (non-hydrogen) atoms.